The molecule has 0 saturated carbocycles. The smallest absolute Gasteiger partial charge is 0.0799 e. The lowest BCUT2D eigenvalue weighted by Gasteiger charge is -2.21. The summed E-state index contributed by atoms with van der Waals surface area (Å²) in [4.78, 5) is 2.34. The Labute approximate surface area is 92.1 Å². The van der Waals surface area contributed by atoms with Gasteiger partial charge in [-0.15, -0.1) is 0 Å². The molecule has 0 unspecified atom stereocenters. The molecule has 0 fully saturated rings. The molecular weight excluding hydrogens is 186 g/mol. The molecule has 0 aliphatic carbocycles. The highest BCUT2D eigenvalue weighted by Gasteiger charge is 2.21. The van der Waals surface area contributed by atoms with E-state index >= 15 is 0 Å². The van der Waals surface area contributed by atoms with E-state index in [1.165, 1.54) is 29.9 Å². The van der Waals surface area contributed by atoms with Crippen LogP contribution in [-0.4, -0.2) is 28.3 Å². The highest BCUT2D eigenvalue weighted by molar-refractivity contribution is 5.29. The van der Waals surface area contributed by atoms with Crippen molar-refractivity contribution in [2.75, 3.05) is 13.6 Å². The second kappa shape index (κ2) is 3.97. The third-order valence-corrected chi connectivity index (χ3v) is 3.12. The van der Waals surface area contributed by atoms with Crippen molar-refractivity contribution in [3.05, 3.63) is 17.0 Å². The summed E-state index contributed by atoms with van der Waals surface area (Å²) in [5.74, 6) is 0.712. The zero-order valence-electron chi connectivity index (χ0n) is 10.2. The van der Waals surface area contributed by atoms with Gasteiger partial charge in [-0.2, -0.15) is 5.10 Å². The summed E-state index contributed by atoms with van der Waals surface area (Å²) >= 11 is 0. The van der Waals surface area contributed by atoms with Gasteiger partial charge >= 0.3 is 0 Å². The normalized spacial score (nSPS) is 17.1. The molecule has 0 radical (unpaired) electrons. The number of rotatable bonds is 2. The van der Waals surface area contributed by atoms with Gasteiger partial charge in [0, 0.05) is 25.8 Å². The Morgan fingerprint density at radius 3 is 2.73 bits per heavy atom. The monoisotopic (exact) mass is 207 g/mol. The van der Waals surface area contributed by atoms with Gasteiger partial charge in [-0.05, 0) is 31.4 Å². The van der Waals surface area contributed by atoms with Crippen molar-refractivity contribution in [2.45, 2.75) is 33.2 Å². The van der Waals surface area contributed by atoms with Crippen LogP contribution in [0.2, 0.25) is 0 Å². The fourth-order valence-corrected chi connectivity index (χ4v) is 2.36. The van der Waals surface area contributed by atoms with Crippen molar-refractivity contribution in [3.8, 4) is 0 Å². The predicted octanol–water partition coefficient (Wildman–Crippen LogP) is 1.61. The summed E-state index contributed by atoms with van der Waals surface area (Å²) in [6.45, 7) is 6.73. The molecule has 0 N–H and O–H groups in total. The molecule has 0 aromatic carbocycles. The van der Waals surface area contributed by atoms with E-state index in [-0.39, 0.29) is 0 Å². The van der Waals surface area contributed by atoms with Gasteiger partial charge in [0.2, 0.25) is 0 Å². The first-order chi connectivity index (χ1) is 7.08. The SMILES string of the molecule is CC(C)Cc1c2c(nn1C)CN(C)CC2. The minimum Gasteiger partial charge on any atom is -0.300 e. The molecule has 2 heterocycles. The molecule has 0 saturated heterocycles. The maximum absolute atomic E-state index is 4.63. The average molecular weight is 207 g/mol. The molecule has 0 spiro atoms. The third kappa shape index (κ3) is 2.07. The number of fused-ring (bicyclic) bond motifs is 1. The lowest BCUT2D eigenvalue weighted by atomic mass is 9.99. The van der Waals surface area contributed by atoms with Gasteiger partial charge in [0.05, 0.1) is 5.69 Å². The molecule has 3 heteroatoms. The Balaban J connectivity index is 2.31. The number of hydrogen-bond acceptors (Lipinski definition) is 2. The minimum absolute atomic E-state index is 0.712. The van der Waals surface area contributed by atoms with Crippen molar-refractivity contribution in [1.82, 2.24) is 14.7 Å². The maximum Gasteiger partial charge on any atom is 0.0799 e. The number of aryl methyl sites for hydroxylation is 1. The van der Waals surface area contributed by atoms with Gasteiger partial charge < -0.3 is 4.90 Å². The lowest BCUT2D eigenvalue weighted by Crippen LogP contribution is -2.26. The van der Waals surface area contributed by atoms with Crippen LogP contribution < -0.4 is 0 Å². The molecule has 3 nitrogen and oxygen atoms in total. The summed E-state index contributed by atoms with van der Waals surface area (Å²) in [5, 5.41) is 4.63. The van der Waals surface area contributed by atoms with E-state index in [4.69, 9.17) is 0 Å². The first-order valence-electron chi connectivity index (χ1n) is 5.80. The topological polar surface area (TPSA) is 21.1 Å². The minimum atomic E-state index is 0.712. The zero-order valence-corrected chi connectivity index (χ0v) is 10.2. The van der Waals surface area contributed by atoms with Crippen molar-refractivity contribution in [3.63, 3.8) is 0 Å². The summed E-state index contributed by atoms with van der Waals surface area (Å²) < 4.78 is 2.09. The van der Waals surface area contributed by atoms with Gasteiger partial charge in [-0.1, -0.05) is 13.8 Å². The van der Waals surface area contributed by atoms with Gasteiger partial charge in [-0.3, -0.25) is 4.68 Å². The third-order valence-electron chi connectivity index (χ3n) is 3.12. The molecule has 1 aromatic heterocycles. The number of likely N-dealkylation sites (N-methyl/N-ethyl adjacent to an activating group) is 1. The molecule has 15 heavy (non-hydrogen) atoms. The molecule has 0 atom stereocenters. The van der Waals surface area contributed by atoms with Crippen LogP contribution in [0.15, 0.2) is 0 Å². The zero-order chi connectivity index (χ0) is 11.0. The Kier molecular flexibility index (Phi) is 2.83. The quantitative estimate of drug-likeness (QED) is 0.734. The molecule has 1 aliphatic rings. The number of nitrogens with zero attached hydrogens (tertiary/aromatic N) is 3. The molecule has 84 valence electrons. The largest absolute Gasteiger partial charge is 0.300 e. The van der Waals surface area contributed by atoms with E-state index in [1.807, 2.05) is 0 Å². The Morgan fingerprint density at radius 1 is 1.33 bits per heavy atom. The number of hydrogen-bond donors (Lipinski definition) is 0. The van der Waals surface area contributed by atoms with Crippen molar-refractivity contribution in [2.24, 2.45) is 13.0 Å². The van der Waals surface area contributed by atoms with Crippen molar-refractivity contribution >= 4 is 0 Å². The number of aromatic nitrogens is 2. The van der Waals surface area contributed by atoms with Crippen LogP contribution in [0, 0.1) is 5.92 Å². The van der Waals surface area contributed by atoms with Crippen LogP contribution in [-0.2, 0) is 26.4 Å². The van der Waals surface area contributed by atoms with Crippen LogP contribution in [0.1, 0.15) is 30.8 Å². The summed E-state index contributed by atoms with van der Waals surface area (Å²) in [6.07, 6.45) is 2.32. The van der Waals surface area contributed by atoms with E-state index in [9.17, 15) is 0 Å². The Bertz CT molecular complexity index is 352. The maximum atomic E-state index is 4.63. The Hall–Kier alpha value is -0.830. The standard InChI is InChI=1S/C12H21N3/c1-9(2)7-12-10-5-6-14(3)8-11(10)13-15(12)4/h9H,5-8H2,1-4H3. The van der Waals surface area contributed by atoms with E-state index in [0.29, 0.717) is 5.92 Å². The fraction of sp³-hybridized carbons (Fsp3) is 0.750. The predicted molar refractivity (Wildman–Crippen MR) is 61.8 cm³/mol. The van der Waals surface area contributed by atoms with E-state index in [0.717, 1.165) is 13.0 Å². The summed E-state index contributed by atoms with van der Waals surface area (Å²) in [5.41, 5.74) is 4.26. The average Bonchev–Trinajstić information content (AvgIpc) is 2.41. The van der Waals surface area contributed by atoms with Crippen LogP contribution >= 0.6 is 0 Å². The van der Waals surface area contributed by atoms with Crippen molar-refractivity contribution < 1.29 is 0 Å². The first kappa shape index (κ1) is 10.7. The van der Waals surface area contributed by atoms with E-state index < -0.39 is 0 Å². The second-order valence-electron chi connectivity index (χ2n) is 5.08. The van der Waals surface area contributed by atoms with Crippen molar-refractivity contribution in [1.29, 1.82) is 0 Å². The van der Waals surface area contributed by atoms with Gasteiger partial charge in [0.15, 0.2) is 0 Å². The van der Waals surface area contributed by atoms with Gasteiger partial charge in [-0.25, -0.2) is 0 Å². The second-order valence-corrected chi connectivity index (χ2v) is 5.08. The fourth-order valence-electron chi connectivity index (χ4n) is 2.36. The molecular formula is C12H21N3. The highest BCUT2D eigenvalue weighted by Crippen LogP contribution is 2.22. The van der Waals surface area contributed by atoms with Crippen LogP contribution in [0.5, 0.6) is 0 Å². The van der Waals surface area contributed by atoms with Crippen LogP contribution in [0.25, 0.3) is 0 Å². The highest BCUT2D eigenvalue weighted by atomic mass is 15.3. The molecule has 1 aromatic rings. The molecule has 0 bridgehead atoms. The first-order valence-corrected chi connectivity index (χ1v) is 5.80. The summed E-state index contributed by atoms with van der Waals surface area (Å²) in [6, 6.07) is 0. The summed E-state index contributed by atoms with van der Waals surface area (Å²) in [7, 11) is 4.25. The molecule has 2 rings (SSSR count). The molecule has 1 aliphatic heterocycles. The molecule has 0 amide bonds. The van der Waals surface area contributed by atoms with Gasteiger partial charge in [0.25, 0.3) is 0 Å². The lowest BCUT2D eigenvalue weighted by molar-refractivity contribution is 0.308. The van der Waals surface area contributed by atoms with E-state index in [2.05, 4.69) is 42.6 Å². The van der Waals surface area contributed by atoms with Gasteiger partial charge in [0.1, 0.15) is 0 Å². The van der Waals surface area contributed by atoms with Crippen LogP contribution in [0.4, 0.5) is 0 Å². The Morgan fingerprint density at radius 2 is 2.07 bits per heavy atom. The van der Waals surface area contributed by atoms with Crippen LogP contribution in [0.3, 0.4) is 0 Å². The van der Waals surface area contributed by atoms with E-state index in [1.54, 1.807) is 0 Å².